The van der Waals surface area contributed by atoms with Gasteiger partial charge in [-0.05, 0) is 48.4 Å². The highest BCUT2D eigenvalue weighted by molar-refractivity contribution is 6.35. The molecule has 1 N–H and O–H groups in total. The fraction of sp³-hybridized carbons (Fsp3) is 0.222. The predicted octanol–water partition coefficient (Wildman–Crippen LogP) is 4.03. The van der Waals surface area contributed by atoms with Crippen LogP contribution in [-0.2, 0) is 4.79 Å². The average Bonchev–Trinajstić information content (AvgIpc) is 3.08. The first-order valence-corrected chi connectivity index (χ1v) is 8.67. The summed E-state index contributed by atoms with van der Waals surface area (Å²) in [6, 6.07) is 10.4. The molecule has 2 aromatic rings. The first-order chi connectivity index (χ1) is 12.6. The van der Waals surface area contributed by atoms with E-state index in [1.165, 1.54) is 0 Å². The molecule has 1 aliphatic rings. The zero-order chi connectivity index (χ0) is 18.4. The fourth-order valence-electron chi connectivity index (χ4n) is 2.24. The maximum absolute atomic E-state index is 11.8. The number of carbonyl (C=O) groups excluding carboxylic acids is 1. The van der Waals surface area contributed by atoms with Crippen LogP contribution in [0.15, 0.2) is 41.5 Å². The van der Waals surface area contributed by atoms with Crippen LogP contribution in [0.1, 0.15) is 18.4 Å². The van der Waals surface area contributed by atoms with E-state index in [2.05, 4.69) is 10.5 Å². The minimum absolute atomic E-state index is 0.201. The van der Waals surface area contributed by atoms with E-state index >= 15 is 0 Å². The van der Waals surface area contributed by atoms with Gasteiger partial charge in [0, 0.05) is 11.4 Å². The van der Waals surface area contributed by atoms with Gasteiger partial charge in [0.05, 0.1) is 17.8 Å². The standard InChI is InChI=1S/C18H16Cl2N2O4/c19-13-4-6-15(14(20)9-13)24-7-1-2-18(23)22-21-10-12-3-5-16-17(8-12)26-11-25-16/h3-6,8-10H,1-2,7,11H2,(H,22,23)/b21-10+. The van der Waals surface area contributed by atoms with Gasteiger partial charge < -0.3 is 14.2 Å². The Kier molecular flexibility index (Phi) is 6.20. The van der Waals surface area contributed by atoms with Crippen LogP contribution in [-0.4, -0.2) is 25.5 Å². The van der Waals surface area contributed by atoms with Crippen LogP contribution in [0.5, 0.6) is 17.2 Å². The van der Waals surface area contributed by atoms with Crippen molar-refractivity contribution in [2.24, 2.45) is 5.10 Å². The lowest BCUT2D eigenvalue weighted by molar-refractivity contribution is -0.121. The van der Waals surface area contributed by atoms with Gasteiger partial charge in [0.25, 0.3) is 0 Å². The third-order valence-corrected chi connectivity index (χ3v) is 4.03. The highest BCUT2D eigenvalue weighted by atomic mass is 35.5. The molecule has 6 nitrogen and oxygen atoms in total. The van der Waals surface area contributed by atoms with Crippen molar-refractivity contribution in [1.82, 2.24) is 5.43 Å². The minimum Gasteiger partial charge on any atom is -0.492 e. The number of ether oxygens (including phenoxy) is 3. The summed E-state index contributed by atoms with van der Waals surface area (Å²) in [5.74, 6) is 1.70. The summed E-state index contributed by atoms with van der Waals surface area (Å²) in [5, 5.41) is 4.91. The van der Waals surface area contributed by atoms with E-state index in [0.717, 1.165) is 5.56 Å². The van der Waals surface area contributed by atoms with Gasteiger partial charge in [0.2, 0.25) is 12.7 Å². The van der Waals surface area contributed by atoms with Crippen LogP contribution in [0, 0.1) is 0 Å². The van der Waals surface area contributed by atoms with Gasteiger partial charge in [-0.1, -0.05) is 23.2 Å². The van der Waals surface area contributed by atoms with Gasteiger partial charge in [-0.3, -0.25) is 4.79 Å². The van der Waals surface area contributed by atoms with Crippen molar-refractivity contribution in [2.45, 2.75) is 12.8 Å². The van der Waals surface area contributed by atoms with Crippen molar-refractivity contribution in [1.29, 1.82) is 0 Å². The van der Waals surface area contributed by atoms with Gasteiger partial charge in [-0.2, -0.15) is 5.10 Å². The molecule has 2 aromatic carbocycles. The fourth-order valence-corrected chi connectivity index (χ4v) is 2.70. The number of benzene rings is 2. The van der Waals surface area contributed by atoms with Crippen LogP contribution in [0.25, 0.3) is 0 Å². The first kappa shape index (κ1) is 18.4. The Hall–Kier alpha value is -2.44. The topological polar surface area (TPSA) is 69.2 Å². The Labute approximate surface area is 160 Å². The monoisotopic (exact) mass is 394 g/mol. The van der Waals surface area contributed by atoms with Gasteiger partial charge in [0.1, 0.15) is 5.75 Å². The average molecular weight is 395 g/mol. The molecule has 0 atom stereocenters. The Bertz CT molecular complexity index is 827. The lowest BCUT2D eigenvalue weighted by Gasteiger charge is -2.07. The predicted molar refractivity (Wildman–Crippen MR) is 99.5 cm³/mol. The molecule has 0 radical (unpaired) electrons. The summed E-state index contributed by atoms with van der Waals surface area (Å²) in [5.41, 5.74) is 3.28. The van der Waals surface area contributed by atoms with Gasteiger partial charge in [0.15, 0.2) is 11.5 Å². The minimum atomic E-state index is -0.201. The van der Waals surface area contributed by atoms with Crippen LogP contribution in [0.3, 0.4) is 0 Å². The van der Waals surface area contributed by atoms with Gasteiger partial charge in [-0.15, -0.1) is 0 Å². The second-order valence-electron chi connectivity index (χ2n) is 5.43. The number of nitrogens with one attached hydrogen (secondary N) is 1. The summed E-state index contributed by atoms with van der Waals surface area (Å²) in [6.45, 7) is 0.580. The zero-order valence-corrected chi connectivity index (χ0v) is 15.2. The molecule has 0 saturated carbocycles. The molecule has 1 amide bonds. The van der Waals surface area contributed by atoms with E-state index in [0.29, 0.717) is 40.3 Å². The number of nitrogens with zero attached hydrogens (tertiary/aromatic N) is 1. The van der Waals surface area contributed by atoms with Crippen LogP contribution in [0.2, 0.25) is 10.0 Å². The van der Waals surface area contributed by atoms with Crippen LogP contribution >= 0.6 is 23.2 Å². The van der Waals surface area contributed by atoms with Crippen molar-refractivity contribution < 1.29 is 19.0 Å². The summed E-state index contributed by atoms with van der Waals surface area (Å²) >= 11 is 11.8. The number of hydrogen-bond donors (Lipinski definition) is 1. The molecule has 3 rings (SSSR count). The second kappa shape index (κ2) is 8.78. The number of halogens is 2. The summed E-state index contributed by atoms with van der Waals surface area (Å²) < 4.78 is 16.0. The maximum atomic E-state index is 11.8. The third-order valence-electron chi connectivity index (χ3n) is 3.50. The van der Waals surface area contributed by atoms with Crippen LogP contribution in [0.4, 0.5) is 0 Å². The Morgan fingerprint density at radius 2 is 2.04 bits per heavy atom. The summed E-state index contributed by atoms with van der Waals surface area (Å²) in [7, 11) is 0. The van der Waals surface area contributed by atoms with E-state index < -0.39 is 0 Å². The molecule has 0 fully saturated rings. The van der Waals surface area contributed by atoms with Crippen LogP contribution < -0.4 is 19.6 Å². The molecule has 0 bridgehead atoms. The molecule has 0 unspecified atom stereocenters. The molecule has 26 heavy (non-hydrogen) atoms. The molecule has 0 spiro atoms. The number of amides is 1. The quantitative estimate of drug-likeness (QED) is 0.437. The lowest BCUT2D eigenvalue weighted by atomic mass is 10.2. The lowest BCUT2D eigenvalue weighted by Crippen LogP contribution is -2.18. The van der Waals surface area contributed by atoms with E-state index in [-0.39, 0.29) is 19.1 Å². The molecule has 136 valence electrons. The number of fused-ring (bicyclic) bond motifs is 1. The molecular weight excluding hydrogens is 379 g/mol. The van der Waals surface area contributed by atoms with Gasteiger partial charge >= 0.3 is 0 Å². The Balaban J connectivity index is 1.37. The molecule has 1 aliphatic heterocycles. The van der Waals surface area contributed by atoms with E-state index in [1.807, 2.05) is 6.07 Å². The van der Waals surface area contributed by atoms with Crippen molar-refractivity contribution in [3.8, 4) is 17.2 Å². The van der Waals surface area contributed by atoms with Crippen molar-refractivity contribution in [2.75, 3.05) is 13.4 Å². The molecule has 0 saturated heterocycles. The Morgan fingerprint density at radius 1 is 1.19 bits per heavy atom. The number of carbonyl (C=O) groups is 1. The van der Waals surface area contributed by atoms with Crippen molar-refractivity contribution in [3.05, 3.63) is 52.0 Å². The molecule has 0 aliphatic carbocycles. The first-order valence-electron chi connectivity index (χ1n) is 7.91. The number of hydrogen-bond acceptors (Lipinski definition) is 5. The van der Waals surface area contributed by atoms with Gasteiger partial charge in [-0.25, -0.2) is 5.43 Å². The zero-order valence-electron chi connectivity index (χ0n) is 13.7. The molecule has 1 heterocycles. The number of rotatable bonds is 7. The van der Waals surface area contributed by atoms with Crippen molar-refractivity contribution >= 4 is 35.3 Å². The summed E-state index contributed by atoms with van der Waals surface area (Å²) in [6.07, 6.45) is 2.36. The van der Waals surface area contributed by atoms with Crippen molar-refractivity contribution in [3.63, 3.8) is 0 Å². The SMILES string of the molecule is O=C(CCCOc1ccc(Cl)cc1Cl)N/N=C/c1ccc2c(c1)OCO2. The number of hydrazone groups is 1. The second-order valence-corrected chi connectivity index (χ2v) is 6.28. The maximum Gasteiger partial charge on any atom is 0.240 e. The van der Waals surface area contributed by atoms with E-state index in [4.69, 9.17) is 37.4 Å². The highest BCUT2D eigenvalue weighted by Gasteiger charge is 2.12. The normalized spacial score (nSPS) is 12.4. The third kappa shape index (κ3) is 5.03. The Morgan fingerprint density at radius 3 is 2.88 bits per heavy atom. The molecule has 0 aromatic heterocycles. The summed E-state index contributed by atoms with van der Waals surface area (Å²) in [4.78, 5) is 11.8. The molecule has 8 heteroatoms. The van der Waals surface area contributed by atoms with E-state index in [9.17, 15) is 4.79 Å². The molecular formula is C18H16Cl2N2O4. The van der Waals surface area contributed by atoms with E-state index in [1.54, 1.807) is 36.5 Å². The smallest absolute Gasteiger partial charge is 0.240 e. The largest absolute Gasteiger partial charge is 0.492 e. The highest BCUT2D eigenvalue weighted by Crippen LogP contribution is 2.32.